The first-order valence-corrected chi connectivity index (χ1v) is 9.78. The van der Waals surface area contributed by atoms with Crippen LogP contribution in [0.3, 0.4) is 0 Å². The van der Waals surface area contributed by atoms with Gasteiger partial charge >= 0.3 is 12.3 Å². The Morgan fingerprint density at radius 2 is 1.90 bits per heavy atom. The fraction of sp³-hybridized carbons (Fsp3) is 0.222. The Balaban J connectivity index is 2.31. The quantitative estimate of drug-likeness (QED) is 0.293. The SMILES string of the molecule is COc1ccc(Cl)cc1C1(F)C(=O)N(C(=O)OCI)c2cc(C(F)(F)F)ccc21. The molecule has 1 aliphatic rings. The summed E-state index contributed by atoms with van der Waals surface area (Å²) in [7, 11) is 1.23. The monoisotopic (exact) mass is 543 g/mol. The maximum absolute atomic E-state index is 16.3. The third-order valence-corrected chi connectivity index (χ3v) is 4.87. The van der Waals surface area contributed by atoms with Crippen LogP contribution in [-0.2, 0) is 21.4 Å². The highest BCUT2D eigenvalue weighted by molar-refractivity contribution is 14.1. The zero-order chi connectivity index (χ0) is 21.6. The first-order chi connectivity index (χ1) is 13.6. The van der Waals surface area contributed by atoms with Crippen LogP contribution in [0.15, 0.2) is 36.4 Å². The van der Waals surface area contributed by atoms with E-state index in [4.69, 9.17) is 21.1 Å². The Hall–Kier alpha value is -2.08. The number of hydrogen-bond acceptors (Lipinski definition) is 4. The second-order valence-corrected chi connectivity index (χ2v) is 6.95. The standard InChI is InChI=1S/C18H11ClF4INO4/c1-28-14-5-3-10(19)7-12(14)17(20)11-4-2-9(18(21,22)23)6-13(11)25(15(17)26)16(27)29-8-24/h2-7H,8H2,1H3. The number of hydrogen-bond donors (Lipinski definition) is 0. The predicted molar refractivity (Wildman–Crippen MR) is 104 cm³/mol. The van der Waals surface area contributed by atoms with Crippen molar-refractivity contribution in [1.29, 1.82) is 0 Å². The third-order valence-electron chi connectivity index (χ3n) is 4.33. The fourth-order valence-corrected chi connectivity index (χ4v) is 3.50. The lowest BCUT2D eigenvalue weighted by Crippen LogP contribution is -2.42. The number of amides is 2. The highest BCUT2D eigenvalue weighted by Crippen LogP contribution is 2.51. The predicted octanol–water partition coefficient (Wildman–Crippen LogP) is 5.46. The van der Waals surface area contributed by atoms with Gasteiger partial charge in [0.1, 0.15) is 10.4 Å². The van der Waals surface area contributed by atoms with Gasteiger partial charge in [0.15, 0.2) is 0 Å². The van der Waals surface area contributed by atoms with Crippen LogP contribution in [0.5, 0.6) is 5.75 Å². The molecule has 2 aromatic rings. The Bertz CT molecular complexity index is 1000. The van der Waals surface area contributed by atoms with E-state index in [1.807, 2.05) is 0 Å². The lowest BCUT2D eigenvalue weighted by Gasteiger charge is -2.22. The van der Waals surface area contributed by atoms with Crippen molar-refractivity contribution in [3.05, 3.63) is 58.1 Å². The van der Waals surface area contributed by atoms with E-state index in [2.05, 4.69) is 0 Å². The van der Waals surface area contributed by atoms with E-state index in [-0.39, 0.29) is 25.8 Å². The molecular weight excluding hydrogens is 533 g/mol. The molecule has 0 spiro atoms. The number of fused-ring (bicyclic) bond motifs is 1. The number of nitrogens with zero attached hydrogens (tertiary/aromatic N) is 1. The number of anilines is 1. The molecule has 0 saturated heterocycles. The molecule has 0 saturated carbocycles. The van der Waals surface area contributed by atoms with E-state index in [9.17, 15) is 22.8 Å². The van der Waals surface area contributed by atoms with Gasteiger partial charge in [-0.25, -0.2) is 14.1 Å². The molecule has 2 amide bonds. The van der Waals surface area contributed by atoms with Crippen LogP contribution >= 0.6 is 34.2 Å². The molecule has 3 rings (SSSR count). The van der Waals surface area contributed by atoms with Crippen molar-refractivity contribution in [3.63, 3.8) is 0 Å². The van der Waals surface area contributed by atoms with Gasteiger partial charge in [0.05, 0.1) is 18.4 Å². The van der Waals surface area contributed by atoms with Crippen molar-refractivity contribution in [2.75, 3.05) is 16.6 Å². The highest BCUT2D eigenvalue weighted by Gasteiger charge is 2.57. The first-order valence-electron chi connectivity index (χ1n) is 7.87. The Morgan fingerprint density at radius 3 is 2.48 bits per heavy atom. The summed E-state index contributed by atoms with van der Waals surface area (Å²) in [5.74, 6) is -1.50. The molecule has 154 valence electrons. The molecule has 29 heavy (non-hydrogen) atoms. The Morgan fingerprint density at radius 1 is 1.21 bits per heavy atom. The normalized spacial score (nSPS) is 18.6. The van der Waals surface area contributed by atoms with E-state index >= 15 is 4.39 Å². The lowest BCUT2D eigenvalue weighted by atomic mass is 9.88. The topological polar surface area (TPSA) is 55.8 Å². The summed E-state index contributed by atoms with van der Waals surface area (Å²) in [5.41, 5.74) is -5.53. The van der Waals surface area contributed by atoms with Gasteiger partial charge in [0.25, 0.3) is 5.91 Å². The number of alkyl halides is 5. The molecule has 11 heteroatoms. The molecule has 0 fully saturated rings. The van der Waals surface area contributed by atoms with Crippen LogP contribution < -0.4 is 9.64 Å². The molecule has 1 heterocycles. The van der Waals surface area contributed by atoms with Crippen LogP contribution in [0.4, 0.5) is 28.0 Å². The van der Waals surface area contributed by atoms with E-state index in [1.165, 1.54) is 19.2 Å². The fourth-order valence-electron chi connectivity index (χ4n) is 3.07. The molecule has 1 aliphatic heterocycles. The molecule has 2 aromatic carbocycles. The Labute approximate surface area is 180 Å². The van der Waals surface area contributed by atoms with E-state index in [1.54, 1.807) is 22.6 Å². The second-order valence-electron chi connectivity index (χ2n) is 5.89. The number of imide groups is 1. The van der Waals surface area contributed by atoms with Gasteiger partial charge in [-0.1, -0.05) is 17.7 Å². The van der Waals surface area contributed by atoms with Gasteiger partial charge in [0.2, 0.25) is 5.67 Å². The molecule has 0 N–H and O–H groups in total. The number of methoxy groups -OCH3 is 1. The van der Waals surface area contributed by atoms with E-state index in [0.29, 0.717) is 12.1 Å². The molecule has 0 aromatic heterocycles. The minimum Gasteiger partial charge on any atom is -0.496 e. The summed E-state index contributed by atoms with van der Waals surface area (Å²) in [6.45, 7) is 0. The average Bonchev–Trinajstić information content (AvgIpc) is 2.89. The average molecular weight is 544 g/mol. The number of carbonyl (C=O) groups excluding carboxylic acids is 2. The lowest BCUT2D eigenvalue weighted by molar-refractivity contribution is -0.137. The van der Waals surface area contributed by atoms with Crippen molar-refractivity contribution in [2.24, 2.45) is 0 Å². The van der Waals surface area contributed by atoms with Crippen molar-refractivity contribution in [3.8, 4) is 5.75 Å². The van der Waals surface area contributed by atoms with Gasteiger partial charge in [-0.2, -0.15) is 13.2 Å². The number of halogens is 6. The van der Waals surface area contributed by atoms with E-state index in [0.717, 1.165) is 12.1 Å². The summed E-state index contributed by atoms with van der Waals surface area (Å²) >= 11 is 7.59. The maximum atomic E-state index is 16.3. The van der Waals surface area contributed by atoms with E-state index < -0.39 is 40.7 Å². The van der Waals surface area contributed by atoms with Crippen molar-refractivity contribution >= 4 is 51.9 Å². The molecule has 5 nitrogen and oxygen atoms in total. The maximum Gasteiger partial charge on any atom is 0.422 e. The first kappa shape index (κ1) is 21.6. The van der Waals surface area contributed by atoms with Crippen molar-refractivity contribution in [1.82, 2.24) is 0 Å². The van der Waals surface area contributed by atoms with Crippen LogP contribution in [0.2, 0.25) is 5.02 Å². The highest BCUT2D eigenvalue weighted by atomic mass is 127. The molecule has 1 unspecified atom stereocenters. The smallest absolute Gasteiger partial charge is 0.422 e. The summed E-state index contributed by atoms with van der Waals surface area (Å²) in [6.07, 6.45) is -6.07. The van der Waals surface area contributed by atoms with Crippen LogP contribution in [0.1, 0.15) is 16.7 Å². The van der Waals surface area contributed by atoms with Gasteiger partial charge < -0.3 is 9.47 Å². The number of rotatable bonds is 3. The van der Waals surface area contributed by atoms with Gasteiger partial charge in [-0.15, -0.1) is 0 Å². The summed E-state index contributed by atoms with van der Waals surface area (Å²) in [4.78, 5) is 25.6. The van der Waals surface area contributed by atoms with Crippen molar-refractivity contribution < 1.29 is 36.6 Å². The molecular formula is C18H11ClF4INO4. The summed E-state index contributed by atoms with van der Waals surface area (Å²) in [6, 6.07) is 5.79. The second kappa shape index (κ2) is 7.63. The zero-order valence-electron chi connectivity index (χ0n) is 14.5. The minimum atomic E-state index is -4.77. The minimum absolute atomic E-state index is 0.0624. The third kappa shape index (κ3) is 3.52. The van der Waals surface area contributed by atoms with Gasteiger partial charge in [0, 0.05) is 16.1 Å². The molecule has 0 aliphatic carbocycles. The molecule has 0 radical (unpaired) electrons. The largest absolute Gasteiger partial charge is 0.496 e. The number of benzene rings is 2. The van der Waals surface area contributed by atoms with Gasteiger partial charge in [-0.3, -0.25) is 4.79 Å². The zero-order valence-corrected chi connectivity index (χ0v) is 17.4. The number of carbonyl (C=O) groups is 2. The number of ether oxygens (including phenoxy) is 2. The van der Waals surface area contributed by atoms with Crippen LogP contribution in [-0.4, -0.2) is 23.7 Å². The summed E-state index contributed by atoms with van der Waals surface area (Å²) < 4.78 is 65.4. The summed E-state index contributed by atoms with van der Waals surface area (Å²) in [5, 5.41) is 0.0624. The molecule has 1 atom stereocenters. The van der Waals surface area contributed by atoms with Crippen LogP contribution in [0, 0.1) is 0 Å². The van der Waals surface area contributed by atoms with Crippen LogP contribution in [0.25, 0.3) is 0 Å². The van der Waals surface area contributed by atoms with Gasteiger partial charge in [-0.05, 0) is 52.9 Å². The Kier molecular flexibility index (Phi) is 5.69. The molecule has 0 bridgehead atoms. The van der Waals surface area contributed by atoms with Crippen molar-refractivity contribution in [2.45, 2.75) is 11.8 Å².